The van der Waals surface area contributed by atoms with Crippen LogP contribution in [0.25, 0.3) is 5.82 Å². The van der Waals surface area contributed by atoms with E-state index in [1.165, 1.54) is 10.9 Å². The van der Waals surface area contributed by atoms with Crippen molar-refractivity contribution in [3.05, 3.63) is 62.4 Å². The Hall–Kier alpha value is -2.77. The van der Waals surface area contributed by atoms with Gasteiger partial charge in [0, 0.05) is 20.7 Å². The summed E-state index contributed by atoms with van der Waals surface area (Å²) >= 11 is 6.73. The number of hydrogen-bond acceptors (Lipinski definition) is 6. The fourth-order valence-electron chi connectivity index (χ4n) is 2.40. The SMILES string of the molecule is CC(NC(=O)c1cc(Br)cc(Br)c1)c1nc(N)nn1-c1ccc(C#N)cn1. The topological polar surface area (TPSA) is 123 Å². The van der Waals surface area contributed by atoms with Gasteiger partial charge in [-0.1, -0.05) is 31.9 Å². The van der Waals surface area contributed by atoms with E-state index in [-0.39, 0.29) is 11.9 Å². The molecule has 1 amide bonds. The summed E-state index contributed by atoms with van der Waals surface area (Å²) in [4.78, 5) is 21.0. The van der Waals surface area contributed by atoms with Gasteiger partial charge < -0.3 is 11.1 Å². The highest BCUT2D eigenvalue weighted by atomic mass is 79.9. The highest BCUT2D eigenvalue weighted by molar-refractivity contribution is 9.11. The van der Waals surface area contributed by atoms with Crippen molar-refractivity contribution in [1.82, 2.24) is 25.1 Å². The number of pyridine rings is 1. The molecular formula is C17H13Br2N7O. The number of halogens is 2. The van der Waals surface area contributed by atoms with E-state index in [4.69, 9.17) is 11.0 Å². The van der Waals surface area contributed by atoms with Crippen molar-refractivity contribution in [1.29, 1.82) is 5.26 Å². The van der Waals surface area contributed by atoms with Gasteiger partial charge in [-0.15, -0.1) is 5.10 Å². The summed E-state index contributed by atoms with van der Waals surface area (Å²) in [5.41, 5.74) is 6.65. The van der Waals surface area contributed by atoms with E-state index in [0.29, 0.717) is 22.8 Å². The Bertz CT molecular complexity index is 1020. The first-order valence-electron chi connectivity index (χ1n) is 7.73. The van der Waals surface area contributed by atoms with E-state index in [9.17, 15) is 4.79 Å². The summed E-state index contributed by atoms with van der Waals surface area (Å²) in [6, 6.07) is 10.0. The minimum atomic E-state index is -0.488. The minimum Gasteiger partial charge on any atom is -0.366 e. The molecule has 1 atom stereocenters. The Morgan fingerprint density at radius 3 is 2.59 bits per heavy atom. The van der Waals surface area contributed by atoms with Crippen LogP contribution >= 0.6 is 31.9 Å². The number of carbonyl (C=O) groups excluding carboxylic acids is 1. The molecule has 3 rings (SSSR count). The van der Waals surface area contributed by atoms with Crippen LogP contribution in [-0.2, 0) is 0 Å². The number of aromatic nitrogens is 4. The van der Waals surface area contributed by atoms with Crippen LogP contribution in [0.15, 0.2) is 45.5 Å². The molecule has 2 aromatic heterocycles. The zero-order valence-corrected chi connectivity index (χ0v) is 17.2. The Morgan fingerprint density at radius 1 is 1.30 bits per heavy atom. The highest BCUT2D eigenvalue weighted by Gasteiger charge is 2.20. The number of nitriles is 1. The Labute approximate surface area is 171 Å². The number of nitrogens with zero attached hydrogens (tertiary/aromatic N) is 5. The van der Waals surface area contributed by atoms with Crippen LogP contribution in [-0.4, -0.2) is 25.7 Å². The molecule has 2 heterocycles. The fraction of sp³-hybridized carbons (Fsp3) is 0.118. The summed E-state index contributed by atoms with van der Waals surface area (Å²) in [6.07, 6.45) is 1.43. The maximum absolute atomic E-state index is 12.6. The van der Waals surface area contributed by atoms with E-state index in [0.717, 1.165) is 8.95 Å². The summed E-state index contributed by atoms with van der Waals surface area (Å²) in [7, 11) is 0. The van der Waals surface area contributed by atoms with Crippen LogP contribution in [0.2, 0.25) is 0 Å². The molecule has 0 saturated carbocycles. The molecule has 0 bridgehead atoms. The lowest BCUT2D eigenvalue weighted by molar-refractivity contribution is 0.0937. The smallest absolute Gasteiger partial charge is 0.251 e. The number of nitrogens with one attached hydrogen (secondary N) is 1. The predicted octanol–water partition coefficient (Wildman–Crippen LogP) is 3.13. The molecule has 8 nitrogen and oxygen atoms in total. The number of carbonyl (C=O) groups is 1. The lowest BCUT2D eigenvalue weighted by atomic mass is 10.2. The molecule has 1 aromatic carbocycles. The van der Waals surface area contributed by atoms with Gasteiger partial charge in [-0.25, -0.2) is 4.98 Å². The quantitative estimate of drug-likeness (QED) is 0.579. The van der Waals surface area contributed by atoms with Crippen molar-refractivity contribution >= 4 is 43.7 Å². The van der Waals surface area contributed by atoms with Gasteiger partial charge in [-0.2, -0.15) is 14.9 Å². The van der Waals surface area contributed by atoms with E-state index in [1.54, 1.807) is 31.2 Å². The number of anilines is 1. The number of benzene rings is 1. The molecule has 10 heteroatoms. The van der Waals surface area contributed by atoms with Gasteiger partial charge in [-0.05, 0) is 37.3 Å². The maximum Gasteiger partial charge on any atom is 0.251 e. The Morgan fingerprint density at radius 2 is 2.00 bits per heavy atom. The summed E-state index contributed by atoms with van der Waals surface area (Å²) < 4.78 is 3.01. The molecule has 1 unspecified atom stereocenters. The first kappa shape index (κ1) is 19.0. The van der Waals surface area contributed by atoms with Gasteiger partial charge in [0.2, 0.25) is 5.95 Å². The second-order valence-corrected chi connectivity index (χ2v) is 7.44. The number of nitrogen functional groups attached to an aromatic ring is 1. The monoisotopic (exact) mass is 489 g/mol. The molecule has 0 aliphatic heterocycles. The first-order chi connectivity index (χ1) is 12.9. The van der Waals surface area contributed by atoms with Crippen LogP contribution in [0.1, 0.15) is 34.7 Å². The molecular weight excluding hydrogens is 478 g/mol. The second-order valence-electron chi connectivity index (χ2n) is 5.61. The maximum atomic E-state index is 12.6. The normalized spacial score (nSPS) is 11.6. The largest absolute Gasteiger partial charge is 0.366 e. The number of nitrogens with two attached hydrogens (primary N) is 1. The molecule has 0 radical (unpaired) electrons. The Balaban J connectivity index is 1.87. The lowest BCUT2D eigenvalue weighted by Crippen LogP contribution is -2.28. The van der Waals surface area contributed by atoms with E-state index < -0.39 is 6.04 Å². The van der Waals surface area contributed by atoms with Crippen molar-refractivity contribution in [2.45, 2.75) is 13.0 Å². The molecule has 0 fully saturated rings. The van der Waals surface area contributed by atoms with Gasteiger partial charge in [0.1, 0.15) is 6.07 Å². The zero-order valence-electron chi connectivity index (χ0n) is 14.0. The second kappa shape index (κ2) is 7.85. The van der Waals surface area contributed by atoms with E-state index in [2.05, 4.69) is 52.2 Å². The third kappa shape index (κ3) is 4.32. The summed E-state index contributed by atoms with van der Waals surface area (Å²) in [5, 5.41) is 15.9. The average Bonchev–Trinajstić information content (AvgIpc) is 3.03. The highest BCUT2D eigenvalue weighted by Crippen LogP contribution is 2.21. The molecule has 0 aliphatic carbocycles. The van der Waals surface area contributed by atoms with Crippen molar-refractivity contribution in [2.24, 2.45) is 0 Å². The van der Waals surface area contributed by atoms with Crippen LogP contribution < -0.4 is 11.1 Å². The van der Waals surface area contributed by atoms with Gasteiger partial charge in [0.15, 0.2) is 11.6 Å². The van der Waals surface area contributed by atoms with Crippen molar-refractivity contribution < 1.29 is 4.79 Å². The average molecular weight is 491 g/mol. The zero-order chi connectivity index (χ0) is 19.6. The van der Waals surface area contributed by atoms with Crippen molar-refractivity contribution in [3.63, 3.8) is 0 Å². The van der Waals surface area contributed by atoms with Gasteiger partial charge in [-0.3, -0.25) is 4.79 Å². The molecule has 3 N–H and O–H groups in total. The minimum absolute atomic E-state index is 0.0578. The molecule has 27 heavy (non-hydrogen) atoms. The molecule has 0 spiro atoms. The lowest BCUT2D eigenvalue weighted by Gasteiger charge is -2.14. The number of rotatable bonds is 4. The predicted molar refractivity (Wildman–Crippen MR) is 106 cm³/mol. The fourth-order valence-corrected chi connectivity index (χ4v) is 3.69. The van der Waals surface area contributed by atoms with Crippen LogP contribution in [0.5, 0.6) is 0 Å². The summed E-state index contributed by atoms with van der Waals surface area (Å²) in [5.74, 6) is 0.652. The molecule has 0 aliphatic rings. The van der Waals surface area contributed by atoms with Crippen molar-refractivity contribution in [3.8, 4) is 11.9 Å². The van der Waals surface area contributed by atoms with E-state index in [1.807, 2.05) is 12.1 Å². The number of amides is 1. The molecule has 3 aromatic rings. The van der Waals surface area contributed by atoms with Crippen LogP contribution in [0.3, 0.4) is 0 Å². The molecule has 0 saturated heterocycles. The van der Waals surface area contributed by atoms with Gasteiger partial charge in [0.25, 0.3) is 5.91 Å². The number of hydrogen-bond donors (Lipinski definition) is 2. The van der Waals surface area contributed by atoms with Crippen LogP contribution in [0.4, 0.5) is 5.95 Å². The van der Waals surface area contributed by atoms with Crippen LogP contribution in [0, 0.1) is 11.3 Å². The molecule has 136 valence electrons. The van der Waals surface area contributed by atoms with Gasteiger partial charge >= 0.3 is 0 Å². The standard InChI is InChI=1S/C17H13Br2N7O/c1-9(23-16(27)11-4-12(18)6-13(19)5-11)15-24-17(21)25-26(15)14-3-2-10(7-20)8-22-14/h2-6,8-9H,1H3,(H2,21,25)(H,23,27). The third-order valence-electron chi connectivity index (χ3n) is 3.60. The van der Waals surface area contributed by atoms with Crippen molar-refractivity contribution in [2.75, 3.05) is 5.73 Å². The Kier molecular flexibility index (Phi) is 5.53. The summed E-state index contributed by atoms with van der Waals surface area (Å²) in [6.45, 7) is 1.77. The first-order valence-corrected chi connectivity index (χ1v) is 9.32. The van der Waals surface area contributed by atoms with E-state index >= 15 is 0 Å². The third-order valence-corrected chi connectivity index (χ3v) is 4.52. The van der Waals surface area contributed by atoms with Gasteiger partial charge in [0.05, 0.1) is 11.6 Å².